The van der Waals surface area contributed by atoms with Crippen LogP contribution in [0.3, 0.4) is 0 Å². The van der Waals surface area contributed by atoms with Gasteiger partial charge in [0.25, 0.3) is 0 Å². The normalized spacial score (nSPS) is 16.6. The molecule has 0 aliphatic heterocycles. The summed E-state index contributed by atoms with van der Waals surface area (Å²) in [5.41, 5.74) is 0. The topological polar surface area (TPSA) is 0 Å². The van der Waals surface area contributed by atoms with E-state index in [0.717, 1.165) is 0 Å². The Kier molecular flexibility index (Phi) is 5.59. The van der Waals surface area contributed by atoms with Gasteiger partial charge in [0.05, 0.1) is 0 Å². The van der Waals surface area contributed by atoms with Crippen molar-refractivity contribution < 1.29 is 0 Å². The van der Waals surface area contributed by atoms with Gasteiger partial charge >= 0.3 is 0 Å². The lowest BCUT2D eigenvalue weighted by atomic mass is 10.2. The van der Waals surface area contributed by atoms with Crippen LogP contribution in [0.15, 0.2) is 11.0 Å². The first-order valence-electron chi connectivity index (χ1n) is 5.25. The lowest BCUT2D eigenvalue weighted by Gasteiger charge is -2.00. The molecule has 0 saturated carbocycles. The molecule has 0 heterocycles. The van der Waals surface area contributed by atoms with Crippen molar-refractivity contribution in [2.75, 3.05) is 5.75 Å². The molecule has 0 aromatic rings. The van der Waals surface area contributed by atoms with E-state index < -0.39 is 0 Å². The van der Waals surface area contributed by atoms with Gasteiger partial charge in [-0.3, -0.25) is 0 Å². The van der Waals surface area contributed by atoms with Crippen LogP contribution >= 0.6 is 11.8 Å². The predicted octanol–water partition coefficient (Wildman–Crippen LogP) is 4.37. The van der Waals surface area contributed by atoms with E-state index in [1.54, 1.807) is 4.91 Å². The molecule has 0 saturated heterocycles. The molecule has 0 aromatic heterocycles. The smallest absolute Gasteiger partial charge is 0.00234 e. The van der Waals surface area contributed by atoms with E-state index in [-0.39, 0.29) is 0 Å². The number of hydrogen-bond acceptors (Lipinski definition) is 1. The van der Waals surface area contributed by atoms with Crippen LogP contribution in [0.1, 0.15) is 51.9 Å². The van der Waals surface area contributed by atoms with E-state index in [9.17, 15) is 0 Å². The second-order valence-electron chi connectivity index (χ2n) is 3.47. The minimum absolute atomic E-state index is 1.33. The second-order valence-corrected chi connectivity index (χ2v) is 4.69. The molecule has 0 unspecified atom stereocenters. The second kappa shape index (κ2) is 6.59. The van der Waals surface area contributed by atoms with Gasteiger partial charge in [0.2, 0.25) is 0 Å². The standard InChI is InChI=1S/C11H20S/c1-2-3-4-7-10-12-11-8-5-6-9-11/h8H,2-7,9-10H2,1H3. The third kappa shape index (κ3) is 4.20. The van der Waals surface area contributed by atoms with Crippen LogP contribution < -0.4 is 0 Å². The van der Waals surface area contributed by atoms with Gasteiger partial charge in [-0.2, -0.15) is 0 Å². The van der Waals surface area contributed by atoms with Crippen LogP contribution in [0.4, 0.5) is 0 Å². The lowest BCUT2D eigenvalue weighted by Crippen LogP contribution is -1.81. The van der Waals surface area contributed by atoms with Crippen LogP contribution in [-0.2, 0) is 0 Å². The Morgan fingerprint density at radius 1 is 1.33 bits per heavy atom. The Labute approximate surface area is 80.8 Å². The first kappa shape index (κ1) is 10.2. The highest BCUT2D eigenvalue weighted by atomic mass is 32.2. The molecule has 0 nitrogen and oxygen atoms in total. The first-order chi connectivity index (χ1) is 5.93. The van der Waals surface area contributed by atoms with Gasteiger partial charge in [0.15, 0.2) is 0 Å². The molecular formula is C11H20S. The van der Waals surface area contributed by atoms with Gasteiger partial charge in [0.1, 0.15) is 0 Å². The van der Waals surface area contributed by atoms with E-state index in [0.29, 0.717) is 0 Å². The van der Waals surface area contributed by atoms with Crippen LogP contribution in [0.2, 0.25) is 0 Å². The average molecular weight is 184 g/mol. The maximum Gasteiger partial charge on any atom is -0.00234 e. The summed E-state index contributed by atoms with van der Waals surface area (Å²) in [5, 5.41) is 0. The summed E-state index contributed by atoms with van der Waals surface area (Å²) >= 11 is 2.10. The third-order valence-electron chi connectivity index (χ3n) is 2.28. The summed E-state index contributed by atoms with van der Waals surface area (Å²) in [6.45, 7) is 2.27. The molecule has 1 rings (SSSR count). The van der Waals surface area contributed by atoms with Crippen LogP contribution in [-0.4, -0.2) is 5.75 Å². The van der Waals surface area contributed by atoms with E-state index in [2.05, 4.69) is 24.8 Å². The van der Waals surface area contributed by atoms with Crippen LogP contribution in [0.25, 0.3) is 0 Å². The van der Waals surface area contributed by atoms with E-state index >= 15 is 0 Å². The molecule has 0 N–H and O–H groups in total. The number of thioether (sulfide) groups is 1. The van der Waals surface area contributed by atoms with Crippen molar-refractivity contribution in [3.63, 3.8) is 0 Å². The SMILES string of the molecule is CCCCCCSC1=CCCC1. The maximum absolute atomic E-state index is 2.42. The number of hydrogen-bond donors (Lipinski definition) is 0. The van der Waals surface area contributed by atoms with Crippen molar-refractivity contribution in [3.05, 3.63) is 11.0 Å². The van der Waals surface area contributed by atoms with Gasteiger partial charge in [0, 0.05) is 0 Å². The zero-order chi connectivity index (χ0) is 8.65. The fraction of sp³-hybridized carbons (Fsp3) is 0.818. The molecule has 0 atom stereocenters. The molecule has 0 fully saturated rings. The Morgan fingerprint density at radius 3 is 2.92 bits per heavy atom. The molecule has 0 aromatic carbocycles. The summed E-state index contributed by atoms with van der Waals surface area (Å²) in [5.74, 6) is 1.35. The quantitative estimate of drug-likeness (QED) is 0.552. The summed E-state index contributed by atoms with van der Waals surface area (Å²) in [6, 6.07) is 0. The number of rotatable bonds is 6. The largest absolute Gasteiger partial charge is 0.131 e. The minimum Gasteiger partial charge on any atom is -0.131 e. The van der Waals surface area contributed by atoms with Crippen molar-refractivity contribution in [1.82, 2.24) is 0 Å². The molecule has 0 spiro atoms. The summed E-state index contributed by atoms with van der Waals surface area (Å²) < 4.78 is 0. The molecule has 1 aliphatic rings. The lowest BCUT2D eigenvalue weighted by molar-refractivity contribution is 0.707. The van der Waals surface area contributed by atoms with Gasteiger partial charge in [-0.15, -0.1) is 11.8 Å². The zero-order valence-corrected chi connectivity index (χ0v) is 8.96. The highest BCUT2D eigenvalue weighted by Gasteiger charge is 2.03. The van der Waals surface area contributed by atoms with E-state index in [1.165, 1.54) is 50.7 Å². The third-order valence-corrected chi connectivity index (χ3v) is 3.52. The van der Waals surface area contributed by atoms with Gasteiger partial charge in [-0.05, 0) is 36.3 Å². The minimum atomic E-state index is 1.33. The fourth-order valence-corrected chi connectivity index (χ4v) is 2.64. The Morgan fingerprint density at radius 2 is 2.25 bits per heavy atom. The first-order valence-corrected chi connectivity index (χ1v) is 6.24. The molecule has 1 heteroatoms. The Balaban J connectivity index is 1.88. The molecule has 0 amide bonds. The predicted molar refractivity (Wildman–Crippen MR) is 58.5 cm³/mol. The van der Waals surface area contributed by atoms with Crippen molar-refractivity contribution in [3.8, 4) is 0 Å². The maximum atomic E-state index is 2.42. The fourth-order valence-electron chi connectivity index (χ4n) is 1.50. The number of allylic oxidation sites excluding steroid dienone is 2. The molecular weight excluding hydrogens is 164 g/mol. The zero-order valence-electron chi connectivity index (χ0n) is 8.14. The summed E-state index contributed by atoms with van der Waals surface area (Å²) in [7, 11) is 0. The van der Waals surface area contributed by atoms with Crippen molar-refractivity contribution in [1.29, 1.82) is 0 Å². The molecule has 0 bridgehead atoms. The molecule has 1 aliphatic carbocycles. The van der Waals surface area contributed by atoms with E-state index in [1.807, 2.05) is 0 Å². The van der Waals surface area contributed by atoms with E-state index in [4.69, 9.17) is 0 Å². The van der Waals surface area contributed by atoms with Crippen LogP contribution in [0, 0.1) is 0 Å². The monoisotopic (exact) mass is 184 g/mol. The van der Waals surface area contributed by atoms with Crippen LogP contribution in [0.5, 0.6) is 0 Å². The van der Waals surface area contributed by atoms with Crippen molar-refractivity contribution in [2.45, 2.75) is 51.9 Å². The molecule has 70 valence electrons. The Bertz CT molecular complexity index is 138. The number of unbranched alkanes of at least 4 members (excludes halogenated alkanes) is 3. The molecule has 12 heavy (non-hydrogen) atoms. The van der Waals surface area contributed by atoms with Gasteiger partial charge in [-0.1, -0.05) is 32.3 Å². The van der Waals surface area contributed by atoms with Crippen molar-refractivity contribution in [2.24, 2.45) is 0 Å². The average Bonchev–Trinajstić information content (AvgIpc) is 2.57. The van der Waals surface area contributed by atoms with Gasteiger partial charge < -0.3 is 0 Å². The summed E-state index contributed by atoms with van der Waals surface area (Å²) in [6.07, 6.45) is 12.1. The Hall–Kier alpha value is 0.0900. The molecule has 0 radical (unpaired) electrons. The highest BCUT2D eigenvalue weighted by molar-refractivity contribution is 8.03. The highest BCUT2D eigenvalue weighted by Crippen LogP contribution is 2.28. The summed E-state index contributed by atoms with van der Waals surface area (Å²) in [4.78, 5) is 1.66. The van der Waals surface area contributed by atoms with Gasteiger partial charge in [-0.25, -0.2) is 0 Å². The van der Waals surface area contributed by atoms with Crippen molar-refractivity contribution >= 4 is 11.8 Å².